The highest BCUT2D eigenvalue weighted by Gasteiger charge is 2.12. The molecule has 1 heterocycles. The number of aliphatic hydroxyl groups excluding tert-OH is 1. The molecule has 2 aromatic rings. The first kappa shape index (κ1) is 14.9. The van der Waals surface area contributed by atoms with Crippen LogP contribution in [-0.2, 0) is 0 Å². The lowest BCUT2D eigenvalue weighted by molar-refractivity contribution is 0.0957. The second kappa shape index (κ2) is 7.35. The first-order valence-corrected chi connectivity index (χ1v) is 6.72. The van der Waals surface area contributed by atoms with Gasteiger partial charge in [0.1, 0.15) is 5.82 Å². The number of aromatic nitrogens is 2. The molecule has 1 aromatic carbocycles. The van der Waals surface area contributed by atoms with Crippen LogP contribution in [0.25, 0.3) is 0 Å². The molecule has 0 aliphatic rings. The molecular formula is C15H18N4O2. The lowest BCUT2D eigenvalue weighted by atomic mass is 10.0. The van der Waals surface area contributed by atoms with Gasteiger partial charge in [-0.2, -0.15) is 0 Å². The van der Waals surface area contributed by atoms with Gasteiger partial charge in [-0.05, 0) is 24.1 Å². The molecule has 1 aromatic heterocycles. The topological polar surface area (TPSA) is 87.1 Å². The molecule has 0 spiro atoms. The number of hydrogen-bond acceptors (Lipinski definition) is 5. The molecule has 0 aliphatic carbocycles. The monoisotopic (exact) mass is 286 g/mol. The fraction of sp³-hybridized carbons (Fsp3) is 0.267. The van der Waals surface area contributed by atoms with Crippen molar-refractivity contribution in [2.45, 2.75) is 12.5 Å². The van der Waals surface area contributed by atoms with Gasteiger partial charge >= 0.3 is 0 Å². The fourth-order valence-corrected chi connectivity index (χ4v) is 1.97. The number of benzene rings is 1. The molecule has 6 heteroatoms. The summed E-state index contributed by atoms with van der Waals surface area (Å²) < 4.78 is 0. The molecule has 2 rings (SSSR count). The third kappa shape index (κ3) is 4.00. The van der Waals surface area contributed by atoms with Gasteiger partial charge in [0.2, 0.25) is 0 Å². The van der Waals surface area contributed by atoms with Gasteiger partial charge in [-0.3, -0.25) is 4.79 Å². The zero-order valence-electron chi connectivity index (χ0n) is 11.8. The van der Waals surface area contributed by atoms with Crippen molar-refractivity contribution in [3.8, 4) is 0 Å². The maximum Gasteiger partial charge on any atom is 0.271 e. The lowest BCUT2D eigenvalue weighted by Crippen LogP contribution is -2.20. The largest absolute Gasteiger partial charge is 0.396 e. The molecule has 6 nitrogen and oxygen atoms in total. The zero-order chi connectivity index (χ0) is 15.1. The van der Waals surface area contributed by atoms with Crippen molar-refractivity contribution in [1.82, 2.24) is 15.5 Å². The van der Waals surface area contributed by atoms with E-state index in [1.807, 2.05) is 30.3 Å². The molecular weight excluding hydrogens is 268 g/mol. The Morgan fingerprint density at radius 3 is 2.52 bits per heavy atom. The van der Waals surface area contributed by atoms with Crippen LogP contribution in [0.1, 0.15) is 28.5 Å². The van der Waals surface area contributed by atoms with Crippen molar-refractivity contribution < 1.29 is 9.90 Å². The summed E-state index contributed by atoms with van der Waals surface area (Å²) in [5.41, 5.74) is 1.32. The molecule has 21 heavy (non-hydrogen) atoms. The predicted molar refractivity (Wildman–Crippen MR) is 79.9 cm³/mol. The predicted octanol–water partition coefficient (Wildman–Crippen LogP) is 1.37. The summed E-state index contributed by atoms with van der Waals surface area (Å²) in [5, 5.41) is 22.8. The molecule has 3 N–H and O–H groups in total. The summed E-state index contributed by atoms with van der Waals surface area (Å²) in [6.07, 6.45) is 0.558. The molecule has 0 fully saturated rings. The Kier molecular flexibility index (Phi) is 5.22. The van der Waals surface area contributed by atoms with Crippen LogP contribution in [0.5, 0.6) is 0 Å². The maximum atomic E-state index is 11.4. The number of aliphatic hydroxyl groups is 1. The van der Waals surface area contributed by atoms with E-state index in [2.05, 4.69) is 20.8 Å². The average molecular weight is 286 g/mol. The Bertz CT molecular complexity index is 572. The number of carbonyl (C=O) groups excluding carboxylic acids is 1. The Morgan fingerprint density at radius 1 is 1.19 bits per heavy atom. The van der Waals surface area contributed by atoms with Gasteiger partial charge in [0.05, 0.1) is 6.04 Å². The summed E-state index contributed by atoms with van der Waals surface area (Å²) in [7, 11) is 1.54. The van der Waals surface area contributed by atoms with Crippen LogP contribution in [0.15, 0.2) is 42.5 Å². The van der Waals surface area contributed by atoms with Gasteiger partial charge in [-0.15, -0.1) is 10.2 Å². The van der Waals surface area contributed by atoms with E-state index in [0.717, 1.165) is 5.56 Å². The number of amides is 1. The van der Waals surface area contributed by atoms with E-state index in [-0.39, 0.29) is 24.2 Å². The zero-order valence-corrected chi connectivity index (χ0v) is 11.8. The van der Waals surface area contributed by atoms with E-state index in [0.29, 0.717) is 12.2 Å². The van der Waals surface area contributed by atoms with Crippen molar-refractivity contribution in [2.75, 3.05) is 19.0 Å². The van der Waals surface area contributed by atoms with Gasteiger partial charge in [0, 0.05) is 13.7 Å². The third-order valence-electron chi connectivity index (χ3n) is 3.07. The van der Waals surface area contributed by atoms with Gasteiger partial charge < -0.3 is 15.7 Å². The van der Waals surface area contributed by atoms with E-state index in [1.54, 1.807) is 19.2 Å². The molecule has 1 amide bonds. The lowest BCUT2D eigenvalue weighted by Gasteiger charge is -2.18. The Hall–Kier alpha value is -2.47. The van der Waals surface area contributed by atoms with Crippen molar-refractivity contribution in [1.29, 1.82) is 0 Å². The molecule has 110 valence electrons. The molecule has 0 radical (unpaired) electrons. The van der Waals surface area contributed by atoms with E-state index in [4.69, 9.17) is 0 Å². The average Bonchev–Trinajstić information content (AvgIpc) is 2.55. The van der Waals surface area contributed by atoms with Gasteiger partial charge in [0.15, 0.2) is 5.69 Å². The Balaban J connectivity index is 2.12. The highest BCUT2D eigenvalue weighted by atomic mass is 16.3. The fourth-order valence-electron chi connectivity index (χ4n) is 1.97. The normalized spacial score (nSPS) is 11.7. The van der Waals surface area contributed by atoms with Crippen molar-refractivity contribution in [3.05, 3.63) is 53.7 Å². The van der Waals surface area contributed by atoms with Crippen LogP contribution in [0.4, 0.5) is 5.82 Å². The van der Waals surface area contributed by atoms with E-state index in [9.17, 15) is 9.90 Å². The van der Waals surface area contributed by atoms with Crippen molar-refractivity contribution in [2.24, 2.45) is 0 Å². The van der Waals surface area contributed by atoms with Crippen LogP contribution in [-0.4, -0.2) is 34.9 Å². The highest BCUT2D eigenvalue weighted by Crippen LogP contribution is 2.20. The summed E-state index contributed by atoms with van der Waals surface area (Å²) in [6.45, 7) is 0.0658. The van der Waals surface area contributed by atoms with E-state index >= 15 is 0 Å². The quantitative estimate of drug-likeness (QED) is 0.746. The van der Waals surface area contributed by atoms with Crippen LogP contribution in [0, 0.1) is 0 Å². The molecule has 0 aliphatic heterocycles. The van der Waals surface area contributed by atoms with Gasteiger partial charge in [-0.25, -0.2) is 0 Å². The highest BCUT2D eigenvalue weighted by molar-refractivity contribution is 5.91. The van der Waals surface area contributed by atoms with Crippen LogP contribution < -0.4 is 10.6 Å². The smallest absolute Gasteiger partial charge is 0.271 e. The minimum Gasteiger partial charge on any atom is -0.396 e. The van der Waals surface area contributed by atoms with Gasteiger partial charge in [0.25, 0.3) is 5.91 Å². The number of rotatable bonds is 6. The van der Waals surface area contributed by atoms with Crippen LogP contribution >= 0.6 is 0 Å². The molecule has 0 bridgehead atoms. The molecule has 0 saturated heterocycles. The molecule has 0 saturated carbocycles. The second-order valence-electron chi connectivity index (χ2n) is 4.50. The van der Waals surface area contributed by atoms with Crippen molar-refractivity contribution >= 4 is 11.7 Å². The first-order chi connectivity index (χ1) is 10.2. The van der Waals surface area contributed by atoms with Crippen molar-refractivity contribution in [3.63, 3.8) is 0 Å². The standard InChI is InChI=1S/C15H18N4O2/c1-16-15(21)13-7-8-14(19-18-13)17-12(9-10-20)11-5-3-2-4-6-11/h2-8,12,20H,9-10H2,1H3,(H,16,21)(H,17,19)/t12-/m0/s1. The summed E-state index contributed by atoms with van der Waals surface area (Å²) in [6, 6.07) is 13.1. The molecule has 0 unspecified atom stereocenters. The maximum absolute atomic E-state index is 11.4. The van der Waals surface area contributed by atoms with E-state index < -0.39 is 0 Å². The van der Waals surface area contributed by atoms with E-state index in [1.165, 1.54) is 0 Å². The SMILES string of the molecule is CNC(=O)c1ccc(N[C@@H](CCO)c2ccccc2)nn1. The Morgan fingerprint density at radius 2 is 1.95 bits per heavy atom. The summed E-state index contributed by atoms with van der Waals surface area (Å²) >= 11 is 0. The Labute approximate surface area is 123 Å². The van der Waals surface area contributed by atoms with Crippen LogP contribution in [0.2, 0.25) is 0 Å². The number of nitrogens with one attached hydrogen (secondary N) is 2. The number of hydrogen-bond donors (Lipinski definition) is 3. The summed E-state index contributed by atoms with van der Waals surface area (Å²) in [5.74, 6) is 0.286. The minimum absolute atomic E-state index is 0.0589. The number of nitrogens with zero attached hydrogens (tertiary/aromatic N) is 2. The summed E-state index contributed by atoms with van der Waals surface area (Å²) in [4.78, 5) is 11.4. The van der Waals surface area contributed by atoms with Gasteiger partial charge in [-0.1, -0.05) is 30.3 Å². The molecule has 1 atom stereocenters. The minimum atomic E-state index is -0.274. The third-order valence-corrected chi connectivity index (χ3v) is 3.07. The number of anilines is 1. The second-order valence-corrected chi connectivity index (χ2v) is 4.50. The van der Waals surface area contributed by atoms with Crippen LogP contribution in [0.3, 0.4) is 0 Å². The first-order valence-electron chi connectivity index (χ1n) is 6.72. The number of carbonyl (C=O) groups is 1.